The van der Waals surface area contributed by atoms with Gasteiger partial charge in [-0.1, -0.05) is 0 Å². The molecule has 3 N–H and O–H groups in total. The van der Waals surface area contributed by atoms with Gasteiger partial charge in [-0.05, 0) is 6.92 Å². The Bertz CT molecular complexity index is 582. The Morgan fingerprint density at radius 1 is 1.42 bits per heavy atom. The summed E-state index contributed by atoms with van der Waals surface area (Å²) in [6, 6.07) is 0.386. The van der Waals surface area contributed by atoms with Gasteiger partial charge in [-0.15, -0.1) is 12.4 Å². The molecule has 0 amide bonds. The van der Waals surface area contributed by atoms with E-state index in [0.717, 1.165) is 36.5 Å². The molecule has 0 saturated carbocycles. The number of fused-ring (bicyclic) bond motifs is 1. The Hall–Kier alpha value is -1.60. The van der Waals surface area contributed by atoms with E-state index in [4.69, 9.17) is 5.73 Å². The summed E-state index contributed by atoms with van der Waals surface area (Å²) < 4.78 is 1.73. The molecule has 1 saturated heterocycles. The van der Waals surface area contributed by atoms with E-state index in [-0.39, 0.29) is 12.4 Å². The SMILES string of the molecule is CC1CNCCN1c1nc(N)nc2c1cnn2C.Cl. The molecule has 104 valence electrons. The molecule has 1 atom stereocenters. The van der Waals surface area contributed by atoms with E-state index in [9.17, 15) is 0 Å². The van der Waals surface area contributed by atoms with E-state index in [2.05, 4.69) is 32.2 Å². The van der Waals surface area contributed by atoms with E-state index in [1.807, 2.05) is 7.05 Å². The molecule has 0 spiro atoms. The minimum absolute atomic E-state index is 0. The van der Waals surface area contributed by atoms with Crippen LogP contribution in [0.5, 0.6) is 0 Å². The van der Waals surface area contributed by atoms with E-state index in [1.54, 1.807) is 10.9 Å². The maximum atomic E-state index is 5.80. The molecular formula is C11H18ClN7. The minimum Gasteiger partial charge on any atom is -0.368 e. The average molecular weight is 284 g/mol. The predicted molar refractivity (Wildman–Crippen MR) is 77.6 cm³/mol. The summed E-state index contributed by atoms with van der Waals surface area (Å²) in [5, 5.41) is 8.56. The fraction of sp³-hybridized carbons (Fsp3) is 0.545. The number of nitrogens with two attached hydrogens (primary N) is 1. The summed E-state index contributed by atoms with van der Waals surface area (Å²) in [5.41, 5.74) is 6.58. The molecule has 0 radical (unpaired) electrons. The van der Waals surface area contributed by atoms with Crippen molar-refractivity contribution in [1.82, 2.24) is 25.1 Å². The summed E-state index contributed by atoms with van der Waals surface area (Å²) >= 11 is 0. The maximum absolute atomic E-state index is 5.80. The third-order valence-electron chi connectivity index (χ3n) is 3.36. The monoisotopic (exact) mass is 283 g/mol. The summed E-state index contributed by atoms with van der Waals surface area (Å²) in [6.07, 6.45) is 1.80. The molecule has 19 heavy (non-hydrogen) atoms. The van der Waals surface area contributed by atoms with Crippen molar-refractivity contribution in [2.45, 2.75) is 13.0 Å². The maximum Gasteiger partial charge on any atom is 0.224 e. The molecule has 0 bridgehead atoms. The van der Waals surface area contributed by atoms with Gasteiger partial charge in [0.05, 0.1) is 11.6 Å². The zero-order valence-electron chi connectivity index (χ0n) is 11.0. The number of hydrogen-bond acceptors (Lipinski definition) is 6. The quantitative estimate of drug-likeness (QED) is 0.776. The summed E-state index contributed by atoms with van der Waals surface area (Å²) in [7, 11) is 1.86. The van der Waals surface area contributed by atoms with Crippen LogP contribution in [0.2, 0.25) is 0 Å². The third kappa shape index (κ3) is 2.31. The lowest BCUT2D eigenvalue weighted by molar-refractivity contribution is 0.498. The van der Waals surface area contributed by atoms with Crippen LogP contribution in [0, 0.1) is 0 Å². The first kappa shape index (κ1) is 13.8. The summed E-state index contributed by atoms with van der Waals surface area (Å²) in [5.74, 6) is 1.19. The number of rotatable bonds is 1. The molecule has 1 fully saturated rings. The zero-order valence-corrected chi connectivity index (χ0v) is 11.8. The second kappa shape index (κ2) is 5.18. The highest BCUT2D eigenvalue weighted by atomic mass is 35.5. The van der Waals surface area contributed by atoms with Gasteiger partial charge in [0, 0.05) is 32.7 Å². The molecule has 1 aliphatic rings. The van der Waals surface area contributed by atoms with Crippen LogP contribution >= 0.6 is 12.4 Å². The normalized spacial score (nSPS) is 19.5. The molecule has 0 aliphatic carbocycles. The second-order valence-corrected chi connectivity index (χ2v) is 4.66. The van der Waals surface area contributed by atoms with Crippen LogP contribution < -0.4 is 16.0 Å². The minimum atomic E-state index is 0. The number of nitrogen functional groups attached to an aromatic ring is 1. The molecule has 2 aromatic heterocycles. The largest absolute Gasteiger partial charge is 0.368 e. The van der Waals surface area contributed by atoms with Crippen molar-refractivity contribution >= 4 is 35.2 Å². The van der Waals surface area contributed by atoms with Crippen LogP contribution in [0.25, 0.3) is 11.0 Å². The molecule has 8 heteroatoms. The van der Waals surface area contributed by atoms with Gasteiger partial charge in [-0.2, -0.15) is 15.1 Å². The molecule has 7 nitrogen and oxygen atoms in total. The van der Waals surface area contributed by atoms with E-state index in [0.29, 0.717) is 12.0 Å². The van der Waals surface area contributed by atoms with Crippen LogP contribution in [-0.4, -0.2) is 45.4 Å². The van der Waals surface area contributed by atoms with E-state index < -0.39 is 0 Å². The number of hydrogen-bond donors (Lipinski definition) is 2. The third-order valence-corrected chi connectivity index (χ3v) is 3.36. The van der Waals surface area contributed by atoms with Crippen molar-refractivity contribution in [3.05, 3.63) is 6.20 Å². The Balaban J connectivity index is 0.00000133. The lowest BCUT2D eigenvalue weighted by Gasteiger charge is -2.35. The van der Waals surface area contributed by atoms with Crippen molar-refractivity contribution in [3.8, 4) is 0 Å². The van der Waals surface area contributed by atoms with Crippen molar-refractivity contribution in [1.29, 1.82) is 0 Å². The van der Waals surface area contributed by atoms with Gasteiger partial charge in [-0.3, -0.25) is 4.68 Å². The number of anilines is 2. The lowest BCUT2D eigenvalue weighted by atomic mass is 10.2. The predicted octanol–water partition coefficient (Wildman–Crippen LogP) is 0.165. The highest BCUT2D eigenvalue weighted by Crippen LogP contribution is 2.26. The van der Waals surface area contributed by atoms with Crippen molar-refractivity contribution < 1.29 is 0 Å². The number of nitrogens with zero attached hydrogens (tertiary/aromatic N) is 5. The topological polar surface area (TPSA) is 84.9 Å². The highest BCUT2D eigenvalue weighted by Gasteiger charge is 2.23. The second-order valence-electron chi connectivity index (χ2n) is 4.66. The Morgan fingerprint density at radius 2 is 2.21 bits per heavy atom. The lowest BCUT2D eigenvalue weighted by Crippen LogP contribution is -2.50. The molecule has 1 aliphatic heterocycles. The first-order chi connectivity index (χ1) is 8.66. The van der Waals surface area contributed by atoms with Crippen LogP contribution in [0.1, 0.15) is 6.92 Å². The van der Waals surface area contributed by atoms with Gasteiger partial charge in [0.1, 0.15) is 5.82 Å². The van der Waals surface area contributed by atoms with Gasteiger partial charge in [0.25, 0.3) is 0 Å². The van der Waals surface area contributed by atoms with Crippen LogP contribution in [0.4, 0.5) is 11.8 Å². The zero-order chi connectivity index (χ0) is 12.7. The molecule has 3 heterocycles. The van der Waals surface area contributed by atoms with Gasteiger partial charge in [0.15, 0.2) is 5.65 Å². The molecule has 3 rings (SSSR count). The van der Waals surface area contributed by atoms with Crippen LogP contribution in [-0.2, 0) is 7.05 Å². The van der Waals surface area contributed by atoms with Gasteiger partial charge in [0.2, 0.25) is 5.95 Å². The van der Waals surface area contributed by atoms with E-state index in [1.165, 1.54) is 0 Å². The van der Waals surface area contributed by atoms with Crippen LogP contribution in [0.3, 0.4) is 0 Å². The number of piperazine rings is 1. The number of halogens is 1. The molecule has 1 unspecified atom stereocenters. The Labute approximate surface area is 117 Å². The summed E-state index contributed by atoms with van der Waals surface area (Å²) in [4.78, 5) is 10.9. The molecular weight excluding hydrogens is 266 g/mol. The van der Waals surface area contributed by atoms with Crippen molar-refractivity contribution in [2.75, 3.05) is 30.3 Å². The first-order valence-corrected chi connectivity index (χ1v) is 6.09. The molecule has 2 aromatic rings. The number of nitrogens with one attached hydrogen (secondary N) is 1. The van der Waals surface area contributed by atoms with Crippen LogP contribution in [0.15, 0.2) is 6.20 Å². The fourth-order valence-corrected chi connectivity index (χ4v) is 2.40. The Morgan fingerprint density at radius 3 is 2.95 bits per heavy atom. The average Bonchev–Trinajstić information content (AvgIpc) is 2.71. The van der Waals surface area contributed by atoms with Gasteiger partial charge < -0.3 is 16.0 Å². The van der Waals surface area contributed by atoms with Crippen molar-refractivity contribution in [2.24, 2.45) is 7.05 Å². The molecule has 0 aromatic carbocycles. The Kier molecular flexibility index (Phi) is 3.77. The van der Waals surface area contributed by atoms with Gasteiger partial charge >= 0.3 is 0 Å². The van der Waals surface area contributed by atoms with Crippen molar-refractivity contribution in [3.63, 3.8) is 0 Å². The highest BCUT2D eigenvalue weighted by molar-refractivity contribution is 5.88. The summed E-state index contributed by atoms with van der Waals surface area (Å²) in [6.45, 7) is 5.00. The standard InChI is InChI=1S/C11H17N7.ClH/c1-7-5-13-3-4-18(7)10-8-6-14-17(2)9(8)15-11(12)16-10;/h6-7,13H,3-5H2,1-2H3,(H2,12,15,16);1H. The van der Waals surface area contributed by atoms with Gasteiger partial charge in [-0.25, -0.2) is 0 Å². The smallest absolute Gasteiger partial charge is 0.224 e. The first-order valence-electron chi connectivity index (χ1n) is 6.09. The fourth-order valence-electron chi connectivity index (χ4n) is 2.40. The number of aryl methyl sites for hydroxylation is 1. The van der Waals surface area contributed by atoms with E-state index >= 15 is 0 Å². The number of aromatic nitrogens is 4.